The quantitative estimate of drug-likeness (QED) is 0.832. The fourth-order valence-electron chi connectivity index (χ4n) is 2.84. The largest absolute Gasteiger partial charge is 0.407 e. The molecule has 1 N–H and O–H groups in total. The zero-order chi connectivity index (χ0) is 14.4. The fraction of sp³-hybridized carbons (Fsp3) is 0.867. The highest BCUT2D eigenvalue weighted by Crippen LogP contribution is 2.26. The fourth-order valence-corrected chi connectivity index (χ4v) is 2.84. The Kier molecular flexibility index (Phi) is 5.83. The lowest BCUT2D eigenvalue weighted by molar-refractivity contribution is 0.384. The molecule has 0 amide bonds. The summed E-state index contributed by atoms with van der Waals surface area (Å²) in [6.07, 6.45) is 6.49. The van der Waals surface area contributed by atoms with Crippen LogP contribution in [0.15, 0.2) is 4.42 Å². The Morgan fingerprint density at radius 1 is 1.25 bits per heavy atom. The summed E-state index contributed by atoms with van der Waals surface area (Å²) in [5.41, 5.74) is 0. The van der Waals surface area contributed by atoms with Crippen LogP contribution < -0.4 is 10.2 Å². The second-order valence-electron chi connectivity index (χ2n) is 6.08. The van der Waals surface area contributed by atoms with Crippen molar-refractivity contribution >= 4 is 6.01 Å². The second-order valence-corrected chi connectivity index (χ2v) is 6.08. The van der Waals surface area contributed by atoms with Crippen LogP contribution in [0.1, 0.15) is 58.8 Å². The number of aromatic nitrogens is 2. The first-order chi connectivity index (χ1) is 9.70. The van der Waals surface area contributed by atoms with Gasteiger partial charge in [-0.15, -0.1) is 5.10 Å². The van der Waals surface area contributed by atoms with Crippen LogP contribution in [-0.4, -0.2) is 29.3 Å². The highest BCUT2D eigenvalue weighted by atomic mass is 16.4. The van der Waals surface area contributed by atoms with Crippen molar-refractivity contribution in [3.63, 3.8) is 0 Å². The van der Waals surface area contributed by atoms with Gasteiger partial charge in [0, 0.05) is 12.6 Å². The molecule has 0 radical (unpaired) electrons. The molecule has 1 heterocycles. The van der Waals surface area contributed by atoms with E-state index in [2.05, 4.69) is 41.2 Å². The molecule has 114 valence electrons. The molecule has 1 aliphatic carbocycles. The van der Waals surface area contributed by atoms with Crippen LogP contribution in [0, 0.1) is 5.92 Å². The Morgan fingerprint density at radius 2 is 2.00 bits per heavy atom. The maximum absolute atomic E-state index is 5.81. The van der Waals surface area contributed by atoms with E-state index in [1.165, 1.54) is 32.1 Å². The first-order valence-electron chi connectivity index (χ1n) is 8.00. The van der Waals surface area contributed by atoms with Crippen molar-refractivity contribution in [2.24, 2.45) is 5.92 Å². The predicted molar refractivity (Wildman–Crippen MR) is 80.7 cm³/mol. The SMILES string of the molecule is CCN(c1nnc(CNCC(C)C)o1)C1CCCCC1. The minimum Gasteiger partial charge on any atom is -0.407 e. The van der Waals surface area contributed by atoms with E-state index in [1.54, 1.807) is 0 Å². The zero-order valence-corrected chi connectivity index (χ0v) is 13.1. The van der Waals surface area contributed by atoms with Gasteiger partial charge in [0.15, 0.2) is 0 Å². The van der Waals surface area contributed by atoms with Gasteiger partial charge in [-0.05, 0) is 32.2 Å². The number of hydrogen-bond acceptors (Lipinski definition) is 5. The van der Waals surface area contributed by atoms with E-state index in [1.807, 2.05) is 0 Å². The second kappa shape index (κ2) is 7.62. The molecular formula is C15H28N4O. The molecule has 0 aliphatic heterocycles. The third kappa shape index (κ3) is 4.20. The minimum absolute atomic E-state index is 0.575. The molecule has 2 rings (SSSR count). The van der Waals surface area contributed by atoms with Gasteiger partial charge in [0.1, 0.15) is 0 Å². The average Bonchev–Trinajstić information content (AvgIpc) is 2.89. The Hall–Kier alpha value is -1.10. The lowest BCUT2D eigenvalue weighted by Gasteiger charge is -2.31. The summed E-state index contributed by atoms with van der Waals surface area (Å²) < 4.78 is 5.81. The lowest BCUT2D eigenvalue weighted by atomic mass is 9.94. The first-order valence-corrected chi connectivity index (χ1v) is 8.00. The van der Waals surface area contributed by atoms with Crippen molar-refractivity contribution in [2.45, 2.75) is 65.5 Å². The summed E-state index contributed by atoms with van der Waals surface area (Å²) >= 11 is 0. The van der Waals surface area contributed by atoms with Gasteiger partial charge in [-0.25, -0.2) is 0 Å². The van der Waals surface area contributed by atoms with Gasteiger partial charge < -0.3 is 14.6 Å². The van der Waals surface area contributed by atoms with Crippen molar-refractivity contribution in [3.05, 3.63) is 5.89 Å². The summed E-state index contributed by atoms with van der Waals surface area (Å²) in [5, 5.41) is 11.7. The van der Waals surface area contributed by atoms with Gasteiger partial charge in [-0.3, -0.25) is 0 Å². The molecule has 1 aliphatic rings. The van der Waals surface area contributed by atoms with Crippen LogP contribution in [0.3, 0.4) is 0 Å². The number of nitrogens with zero attached hydrogens (tertiary/aromatic N) is 3. The van der Waals surface area contributed by atoms with Crippen molar-refractivity contribution < 1.29 is 4.42 Å². The third-order valence-corrected chi connectivity index (χ3v) is 3.89. The van der Waals surface area contributed by atoms with Gasteiger partial charge in [-0.2, -0.15) is 0 Å². The summed E-state index contributed by atoms with van der Waals surface area (Å²) in [7, 11) is 0. The number of nitrogens with one attached hydrogen (secondary N) is 1. The predicted octanol–water partition coefficient (Wildman–Crippen LogP) is 2.97. The molecule has 0 aromatic carbocycles. The highest BCUT2D eigenvalue weighted by Gasteiger charge is 2.24. The summed E-state index contributed by atoms with van der Waals surface area (Å²) in [6.45, 7) is 9.11. The average molecular weight is 280 g/mol. The topological polar surface area (TPSA) is 54.2 Å². The molecule has 0 spiro atoms. The van der Waals surface area contributed by atoms with Gasteiger partial charge in [0.25, 0.3) is 0 Å². The molecule has 0 atom stereocenters. The molecule has 20 heavy (non-hydrogen) atoms. The Bertz CT molecular complexity index is 385. The van der Waals surface area contributed by atoms with Crippen molar-refractivity contribution in [1.29, 1.82) is 0 Å². The number of hydrogen-bond donors (Lipinski definition) is 1. The molecule has 1 aromatic rings. The van der Waals surface area contributed by atoms with E-state index in [4.69, 9.17) is 4.42 Å². The first kappa shape index (κ1) is 15.3. The van der Waals surface area contributed by atoms with Crippen molar-refractivity contribution in [3.8, 4) is 0 Å². The summed E-state index contributed by atoms with van der Waals surface area (Å²) in [5.74, 6) is 1.32. The Morgan fingerprint density at radius 3 is 2.65 bits per heavy atom. The molecule has 1 saturated carbocycles. The van der Waals surface area contributed by atoms with Crippen LogP contribution in [0.25, 0.3) is 0 Å². The van der Waals surface area contributed by atoms with E-state index in [0.717, 1.165) is 13.1 Å². The molecule has 1 aromatic heterocycles. The zero-order valence-electron chi connectivity index (χ0n) is 13.1. The smallest absolute Gasteiger partial charge is 0.318 e. The Labute approximate surface area is 122 Å². The van der Waals surface area contributed by atoms with Gasteiger partial charge in [0.2, 0.25) is 5.89 Å². The number of rotatable bonds is 7. The van der Waals surface area contributed by atoms with Crippen LogP contribution >= 0.6 is 0 Å². The normalized spacial score (nSPS) is 16.8. The molecule has 5 nitrogen and oxygen atoms in total. The summed E-state index contributed by atoms with van der Waals surface area (Å²) in [6, 6.07) is 1.27. The maximum atomic E-state index is 5.81. The van der Waals surface area contributed by atoms with Crippen molar-refractivity contribution in [1.82, 2.24) is 15.5 Å². The van der Waals surface area contributed by atoms with Crippen LogP contribution in [0.4, 0.5) is 6.01 Å². The third-order valence-electron chi connectivity index (χ3n) is 3.89. The monoisotopic (exact) mass is 280 g/mol. The minimum atomic E-state index is 0.575. The number of anilines is 1. The molecule has 1 fully saturated rings. The molecule has 5 heteroatoms. The van der Waals surface area contributed by atoms with E-state index < -0.39 is 0 Å². The van der Waals surface area contributed by atoms with Crippen molar-refractivity contribution in [2.75, 3.05) is 18.0 Å². The Balaban J connectivity index is 1.91. The molecule has 0 unspecified atom stereocenters. The molecule has 0 bridgehead atoms. The summed E-state index contributed by atoms with van der Waals surface area (Å²) in [4.78, 5) is 2.28. The van der Waals surface area contributed by atoms with E-state index in [9.17, 15) is 0 Å². The van der Waals surface area contributed by atoms with E-state index in [0.29, 0.717) is 30.4 Å². The van der Waals surface area contributed by atoms with E-state index >= 15 is 0 Å². The van der Waals surface area contributed by atoms with Gasteiger partial charge in [0.05, 0.1) is 6.54 Å². The highest BCUT2D eigenvalue weighted by molar-refractivity contribution is 5.26. The van der Waals surface area contributed by atoms with Crippen LogP contribution in [-0.2, 0) is 6.54 Å². The van der Waals surface area contributed by atoms with Crippen LogP contribution in [0.5, 0.6) is 0 Å². The molecular weight excluding hydrogens is 252 g/mol. The molecule has 0 saturated heterocycles. The van der Waals surface area contributed by atoms with E-state index in [-0.39, 0.29) is 0 Å². The van der Waals surface area contributed by atoms with Gasteiger partial charge >= 0.3 is 6.01 Å². The maximum Gasteiger partial charge on any atom is 0.318 e. The lowest BCUT2D eigenvalue weighted by Crippen LogP contribution is -2.36. The van der Waals surface area contributed by atoms with Gasteiger partial charge in [-0.1, -0.05) is 38.2 Å². The standard InChI is InChI=1S/C15H28N4O/c1-4-19(13-8-6-5-7-9-13)15-18-17-14(20-15)11-16-10-12(2)3/h12-13,16H,4-11H2,1-3H3. The van der Waals surface area contributed by atoms with Crippen LogP contribution in [0.2, 0.25) is 0 Å².